The van der Waals surface area contributed by atoms with E-state index in [0.29, 0.717) is 58.3 Å². The van der Waals surface area contributed by atoms with Crippen molar-refractivity contribution in [2.45, 2.75) is 23.9 Å². The van der Waals surface area contributed by atoms with Crippen LogP contribution in [0.25, 0.3) is 0 Å². The molecule has 2 saturated heterocycles. The molecule has 1 aromatic carbocycles. The first-order chi connectivity index (χ1) is 14.6. The van der Waals surface area contributed by atoms with Gasteiger partial charge in [0, 0.05) is 32.1 Å². The Hall–Kier alpha value is -2.18. The van der Waals surface area contributed by atoms with Crippen LogP contribution in [0.2, 0.25) is 0 Å². The van der Waals surface area contributed by atoms with Crippen molar-refractivity contribution in [1.29, 1.82) is 0 Å². The second kappa shape index (κ2) is 9.53. The quantitative estimate of drug-likeness (QED) is 0.705. The first-order valence-electron chi connectivity index (χ1n) is 9.89. The SMILES string of the molecule is O=C(CNS(=O)(=O)c1cccc(C(F)(F)F)c1)N1CCC(C(=O)N2CCOCC2)CC1. The lowest BCUT2D eigenvalue weighted by Gasteiger charge is -2.35. The third kappa shape index (κ3) is 5.95. The minimum Gasteiger partial charge on any atom is -0.378 e. The molecule has 2 amide bonds. The summed E-state index contributed by atoms with van der Waals surface area (Å²) in [5, 5.41) is 0. The maximum atomic E-state index is 12.8. The molecule has 2 aliphatic rings. The van der Waals surface area contributed by atoms with E-state index in [9.17, 15) is 31.2 Å². The highest BCUT2D eigenvalue weighted by Crippen LogP contribution is 2.30. The molecular weight excluding hydrogens is 439 g/mol. The number of likely N-dealkylation sites (tertiary alicyclic amines) is 1. The summed E-state index contributed by atoms with van der Waals surface area (Å²) in [7, 11) is -4.29. The summed E-state index contributed by atoms with van der Waals surface area (Å²) in [6, 6.07) is 3.32. The van der Waals surface area contributed by atoms with E-state index >= 15 is 0 Å². The number of amides is 2. The number of sulfonamides is 1. The molecule has 0 spiro atoms. The molecule has 2 aliphatic heterocycles. The predicted molar refractivity (Wildman–Crippen MR) is 103 cm³/mol. The number of nitrogens with zero attached hydrogens (tertiary/aromatic N) is 2. The number of rotatable bonds is 5. The number of alkyl halides is 3. The van der Waals surface area contributed by atoms with Crippen molar-refractivity contribution in [3.05, 3.63) is 29.8 Å². The molecular formula is C19H24F3N3O5S. The number of ether oxygens (including phenoxy) is 1. The van der Waals surface area contributed by atoms with Crippen LogP contribution in [0.5, 0.6) is 0 Å². The average Bonchev–Trinajstić information content (AvgIpc) is 2.77. The number of benzene rings is 1. The van der Waals surface area contributed by atoms with Crippen molar-refractivity contribution in [1.82, 2.24) is 14.5 Å². The van der Waals surface area contributed by atoms with E-state index in [4.69, 9.17) is 4.74 Å². The molecule has 0 radical (unpaired) electrons. The van der Waals surface area contributed by atoms with Crippen LogP contribution in [0.3, 0.4) is 0 Å². The van der Waals surface area contributed by atoms with Gasteiger partial charge in [0.05, 0.1) is 30.2 Å². The van der Waals surface area contributed by atoms with E-state index in [-0.39, 0.29) is 11.8 Å². The lowest BCUT2D eigenvalue weighted by Crippen LogP contribution is -2.49. The maximum absolute atomic E-state index is 12.8. The number of hydrogen-bond donors (Lipinski definition) is 1. The Kier molecular flexibility index (Phi) is 7.22. The number of carbonyl (C=O) groups excluding carboxylic acids is 2. The van der Waals surface area contributed by atoms with Crippen LogP contribution in [0.15, 0.2) is 29.2 Å². The highest BCUT2D eigenvalue weighted by atomic mass is 32.2. The molecule has 0 unspecified atom stereocenters. The van der Waals surface area contributed by atoms with Gasteiger partial charge in [0.15, 0.2) is 0 Å². The van der Waals surface area contributed by atoms with Crippen LogP contribution in [0.1, 0.15) is 18.4 Å². The summed E-state index contributed by atoms with van der Waals surface area (Å²) < 4.78 is 70.3. The minimum absolute atomic E-state index is 0.0423. The zero-order valence-electron chi connectivity index (χ0n) is 16.7. The summed E-state index contributed by atoms with van der Waals surface area (Å²) in [5.74, 6) is -0.641. The van der Waals surface area contributed by atoms with E-state index in [1.807, 2.05) is 0 Å². The van der Waals surface area contributed by atoms with E-state index in [1.165, 1.54) is 4.90 Å². The fourth-order valence-corrected chi connectivity index (χ4v) is 4.63. The minimum atomic E-state index is -4.68. The van der Waals surface area contributed by atoms with Crippen molar-refractivity contribution in [2.24, 2.45) is 5.92 Å². The lowest BCUT2D eigenvalue weighted by molar-refractivity contribution is -0.143. The molecule has 1 aromatic rings. The third-order valence-corrected chi connectivity index (χ3v) is 6.80. The summed E-state index contributed by atoms with van der Waals surface area (Å²) in [4.78, 5) is 27.6. The van der Waals surface area contributed by atoms with Gasteiger partial charge in [-0.2, -0.15) is 13.2 Å². The molecule has 2 fully saturated rings. The molecule has 2 heterocycles. The van der Waals surface area contributed by atoms with Gasteiger partial charge in [0.25, 0.3) is 0 Å². The summed E-state index contributed by atoms with van der Waals surface area (Å²) in [5.41, 5.74) is -1.09. The van der Waals surface area contributed by atoms with E-state index < -0.39 is 39.1 Å². The van der Waals surface area contributed by atoms with Gasteiger partial charge in [-0.05, 0) is 31.0 Å². The lowest BCUT2D eigenvalue weighted by atomic mass is 9.95. The van der Waals surface area contributed by atoms with Gasteiger partial charge in [-0.3, -0.25) is 9.59 Å². The molecule has 0 atom stereocenters. The van der Waals surface area contributed by atoms with Crippen LogP contribution in [0.4, 0.5) is 13.2 Å². The van der Waals surface area contributed by atoms with Crippen LogP contribution in [-0.4, -0.2) is 76.0 Å². The van der Waals surface area contributed by atoms with Gasteiger partial charge in [0.2, 0.25) is 21.8 Å². The van der Waals surface area contributed by atoms with Gasteiger partial charge >= 0.3 is 6.18 Å². The topological polar surface area (TPSA) is 96.0 Å². The Balaban J connectivity index is 1.51. The van der Waals surface area contributed by atoms with Gasteiger partial charge in [-0.25, -0.2) is 13.1 Å². The molecule has 8 nitrogen and oxygen atoms in total. The van der Waals surface area contributed by atoms with Gasteiger partial charge < -0.3 is 14.5 Å². The average molecular weight is 463 g/mol. The van der Waals surface area contributed by atoms with Crippen LogP contribution in [0, 0.1) is 5.92 Å². The monoisotopic (exact) mass is 463 g/mol. The number of carbonyl (C=O) groups is 2. The zero-order valence-corrected chi connectivity index (χ0v) is 17.5. The Labute approximate surface area is 178 Å². The first-order valence-corrected chi connectivity index (χ1v) is 11.4. The Morgan fingerprint density at radius 3 is 2.32 bits per heavy atom. The normalized spacial score (nSPS) is 18.8. The second-order valence-electron chi connectivity index (χ2n) is 7.44. The third-order valence-electron chi connectivity index (χ3n) is 5.40. The van der Waals surface area contributed by atoms with Gasteiger partial charge in [-0.15, -0.1) is 0 Å². The molecule has 0 aromatic heterocycles. The van der Waals surface area contributed by atoms with Crippen molar-refractivity contribution in [3.63, 3.8) is 0 Å². The molecule has 0 bridgehead atoms. The molecule has 3 rings (SSSR count). The zero-order chi connectivity index (χ0) is 22.6. The number of hydrogen-bond acceptors (Lipinski definition) is 5. The molecule has 31 heavy (non-hydrogen) atoms. The van der Waals surface area contributed by atoms with Crippen molar-refractivity contribution >= 4 is 21.8 Å². The highest BCUT2D eigenvalue weighted by Gasteiger charge is 2.33. The molecule has 0 aliphatic carbocycles. The van der Waals surface area contributed by atoms with Crippen LogP contribution >= 0.6 is 0 Å². The van der Waals surface area contributed by atoms with E-state index in [2.05, 4.69) is 4.72 Å². The van der Waals surface area contributed by atoms with Crippen LogP contribution in [-0.2, 0) is 30.5 Å². The molecule has 0 saturated carbocycles. The van der Waals surface area contributed by atoms with Crippen molar-refractivity contribution < 1.29 is 35.9 Å². The maximum Gasteiger partial charge on any atom is 0.416 e. The van der Waals surface area contributed by atoms with Crippen molar-refractivity contribution in [3.8, 4) is 0 Å². The predicted octanol–water partition coefficient (Wildman–Crippen LogP) is 1.08. The van der Waals surface area contributed by atoms with Gasteiger partial charge in [-0.1, -0.05) is 6.07 Å². The van der Waals surface area contributed by atoms with E-state index in [1.54, 1.807) is 4.90 Å². The largest absolute Gasteiger partial charge is 0.416 e. The first kappa shape index (κ1) is 23.5. The summed E-state index contributed by atoms with van der Waals surface area (Å²) >= 11 is 0. The molecule has 172 valence electrons. The molecule has 1 N–H and O–H groups in total. The fourth-order valence-electron chi connectivity index (χ4n) is 3.61. The second-order valence-corrected chi connectivity index (χ2v) is 9.21. The van der Waals surface area contributed by atoms with Crippen molar-refractivity contribution in [2.75, 3.05) is 45.9 Å². The number of morpholine rings is 1. The number of piperidine rings is 1. The Morgan fingerprint density at radius 1 is 1.06 bits per heavy atom. The Bertz CT molecular complexity index is 909. The fraction of sp³-hybridized carbons (Fsp3) is 0.579. The number of halogens is 3. The summed E-state index contributed by atoms with van der Waals surface area (Å²) in [6.07, 6.45) is -3.73. The number of nitrogens with one attached hydrogen (secondary N) is 1. The van der Waals surface area contributed by atoms with Gasteiger partial charge in [0.1, 0.15) is 0 Å². The highest BCUT2D eigenvalue weighted by molar-refractivity contribution is 7.89. The van der Waals surface area contributed by atoms with E-state index in [0.717, 1.165) is 18.2 Å². The summed E-state index contributed by atoms with van der Waals surface area (Å²) in [6.45, 7) is 2.17. The standard InChI is InChI=1S/C19H24F3N3O5S/c20-19(21,22)15-2-1-3-16(12-15)31(28,29)23-13-17(26)24-6-4-14(5-7-24)18(27)25-8-10-30-11-9-25/h1-3,12,14,23H,4-11,13H2. The Morgan fingerprint density at radius 2 is 1.71 bits per heavy atom. The smallest absolute Gasteiger partial charge is 0.378 e. The van der Waals surface area contributed by atoms with Crippen LogP contribution < -0.4 is 4.72 Å². The molecule has 12 heteroatoms.